The summed E-state index contributed by atoms with van der Waals surface area (Å²) in [5, 5.41) is 11.2. The second-order valence-electron chi connectivity index (χ2n) is 6.66. The van der Waals surface area contributed by atoms with E-state index in [4.69, 9.17) is 9.41 Å². The lowest BCUT2D eigenvalue weighted by Gasteiger charge is -2.18. The quantitative estimate of drug-likeness (QED) is 0.476. The molecule has 6 nitrogen and oxygen atoms in total. The van der Waals surface area contributed by atoms with E-state index in [9.17, 15) is 0 Å². The zero-order chi connectivity index (χ0) is 18.6. The van der Waals surface area contributed by atoms with Crippen LogP contribution in [0.2, 0.25) is 0 Å². The smallest absolute Gasteiger partial charge is 0.191 e. The van der Waals surface area contributed by atoms with Crippen LogP contribution < -0.4 is 10.6 Å². The third-order valence-electron chi connectivity index (χ3n) is 4.67. The van der Waals surface area contributed by atoms with Gasteiger partial charge in [-0.15, -0.1) is 0 Å². The molecule has 0 saturated heterocycles. The first-order valence-corrected chi connectivity index (χ1v) is 9.74. The summed E-state index contributed by atoms with van der Waals surface area (Å²) in [5.41, 5.74) is 1.09. The van der Waals surface area contributed by atoms with E-state index >= 15 is 0 Å². The molecule has 2 N–H and O–H groups in total. The summed E-state index contributed by atoms with van der Waals surface area (Å²) in [4.78, 5) is 4.74. The summed E-state index contributed by atoms with van der Waals surface area (Å²) in [6.07, 6.45) is 9.35. The van der Waals surface area contributed by atoms with E-state index in [0.29, 0.717) is 12.5 Å². The van der Waals surface area contributed by atoms with Crippen LogP contribution in [0.25, 0.3) is 0 Å². The van der Waals surface area contributed by atoms with Crippen molar-refractivity contribution in [3.63, 3.8) is 0 Å². The normalized spacial score (nSPS) is 13.0. The molecule has 0 aliphatic carbocycles. The summed E-state index contributed by atoms with van der Waals surface area (Å²) >= 11 is 0. The monoisotopic (exact) mass is 359 g/mol. The third kappa shape index (κ3) is 6.94. The number of aliphatic imine (C=N–C) groups is 1. The number of furan rings is 1. The average Bonchev–Trinajstić information content (AvgIpc) is 3.31. The maximum Gasteiger partial charge on any atom is 0.191 e. The molecule has 0 saturated carbocycles. The zero-order valence-corrected chi connectivity index (χ0v) is 16.4. The number of nitrogens with one attached hydrogen (secondary N) is 2. The van der Waals surface area contributed by atoms with Crippen molar-refractivity contribution >= 4 is 5.96 Å². The number of hydrogen-bond acceptors (Lipinski definition) is 3. The molecule has 0 amide bonds. The fourth-order valence-electron chi connectivity index (χ4n) is 2.83. The standard InChI is InChI=1S/C20H33N5O/c1-4-6-8-17(5-2)15-22-20(21-12-11-19-9-7-14-26-19)23-16-18-10-13-24-25(18)3/h7,9-10,13-14,17H,4-6,8,11-12,15-16H2,1-3H3,(H2,21,22,23). The summed E-state index contributed by atoms with van der Waals surface area (Å²) in [5.74, 6) is 2.52. The van der Waals surface area contributed by atoms with E-state index in [0.717, 1.165) is 36.9 Å². The molecular weight excluding hydrogens is 326 g/mol. The Balaban J connectivity index is 1.89. The lowest BCUT2D eigenvalue weighted by molar-refractivity contribution is 0.443. The molecule has 2 aromatic rings. The molecule has 0 aromatic carbocycles. The minimum Gasteiger partial charge on any atom is -0.469 e. The first-order chi connectivity index (χ1) is 12.7. The molecular formula is C20H33N5O. The van der Waals surface area contributed by atoms with Crippen LogP contribution in [-0.2, 0) is 20.0 Å². The summed E-state index contributed by atoms with van der Waals surface area (Å²) in [7, 11) is 1.94. The second-order valence-corrected chi connectivity index (χ2v) is 6.66. The number of guanidine groups is 1. The van der Waals surface area contributed by atoms with Gasteiger partial charge < -0.3 is 15.1 Å². The van der Waals surface area contributed by atoms with E-state index < -0.39 is 0 Å². The van der Waals surface area contributed by atoms with Gasteiger partial charge in [-0.2, -0.15) is 5.10 Å². The molecule has 1 unspecified atom stereocenters. The highest BCUT2D eigenvalue weighted by Crippen LogP contribution is 2.11. The molecule has 0 spiro atoms. The van der Waals surface area contributed by atoms with Crippen molar-refractivity contribution in [3.8, 4) is 0 Å². The van der Waals surface area contributed by atoms with Gasteiger partial charge in [0.2, 0.25) is 0 Å². The largest absolute Gasteiger partial charge is 0.469 e. The van der Waals surface area contributed by atoms with Gasteiger partial charge in [-0.1, -0.05) is 33.1 Å². The Morgan fingerprint density at radius 3 is 2.85 bits per heavy atom. The predicted octanol–water partition coefficient (Wildman–Crippen LogP) is 3.51. The highest BCUT2D eigenvalue weighted by atomic mass is 16.3. The topological polar surface area (TPSA) is 67.4 Å². The summed E-state index contributed by atoms with van der Waals surface area (Å²) < 4.78 is 7.26. The van der Waals surface area contributed by atoms with Crippen LogP contribution in [0.15, 0.2) is 40.1 Å². The zero-order valence-electron chi connectivity index (χ0n) is 16.4. The molecule has 2 heterocycles. The van der Waals surface area contributed by atoms with Gasteiger partial charge in [0.15, 0.2) is 5.96 Å². The van der Waals surface area contributed by atoms with E-state index in [1.54, 1.807) is 12.5 Å². The highest BCUT2D eigenvalue weighted by molar-refractivity contribution is 5.79. The molecule has 26 heavy (non-hydrogen) atoms. The van der Waals surface area contributed by atoms with Crippen molar-refractivity contribution in [1.29, 1.82) is 0 Å². The van der Waals surface area contributed by atoms with Crippen molar-refractivity contribution < 1.29 is 4.42 Å². The number of nitrogens with zero attached hydrogens (tertiary/aromatic N) is 3. The van der Waals surface area contributed by atoms with E-state index in [2.05, 4.69) is 29.6 Å². The summed E-state index contributed by atoms with van der Waals surface area (Å²) in [6.45, 7) is 6.86. The van der Waals surface area contributed by atoms with E-state index in [1.165, 1.54) is 25.7 Å². The lowest BCUT2D eigenvalue weighted by Crippen LogP contribution is -2.40. The van der Waals surface area contributed by atoms with Crippen LogP contribution in [0.1, 0.15) is 51.0 Å². The van der Waals surface area contributed by atoms with E-state index in [-0.39, 0.29) is 0 Å². The Hall–Kier alpha value is -2.24. The summed E-state index contributed by atoms with van der Waals surface area (Å²) in [6, 6.07) is 5.92. The van der Waals surface area contributed by atoms with Crippen molar-refractivity contribution in [2.45, 2.75) is 52.5 Å². The molecule has 2 rings (SSSR count). The number of unbranched alkanes of at least 4 members (excludes halogenated alkanes) is 1. The maximum absolute atomic E-state index is 5.40. The minimum atomic E-state index is 0.609. The molecule has 6 heteroatoms. The fourth-order valence-corrected chi connectivity index (χ4v) is 2.83. The van der Waals surface area contributed by atoms with Crippen molar-refractivity contribution in [2.75, 3.05) is 13.1 Å². The van der Waals surface area contributed by atoms with Gasteiger partial charge in [0.1, 0.15) is 5.76 Å². The Labute approximate surface area is 157 Å². The van der Waals surface area contributed by atoms with Gasteiger partial charge in [-0.3, -0.25) is 4.68 Å². The number of rotatable bonds is 11. The third-order valence-corrected chi connectivity index (χ3v) is 4.67. The Morgan fingerprint density at radius 2 is 2.19 bits per heavy atom. The van der Waals surface area contributed by atoms with Crippen LogP contribution >= 0.6 is 0 Å². The first kappa shape index (κ1) is 20.1. The Bertz CT molecular complexity index is 632. The van der Waals surface area contributed by atoms with Crippen molar-refractivity contribution in [3.05, 3.63) is 42.1 Å². The molecule has 0 radical (unpaired) electrons. The average molecular weight is 360 g/mol. The molecule has 0 bridgehead atoms. The van der Waals surface area contributed by atoms with Crippen molar-refractivity contribution in [2.24, 2.45) is 18.0 Å². The number of hydrogen-bond donors (Lipinski definition) is 2. The van der Waals surface area contributed by atoms with Gasteiger partial charge in [0.25, 0.3) is 0 Å². The van der Waals surface area contributed by atoms with Crippen LogP contribution in [0.5, 0.6) is 0 Å². The predicted molar refractivity (Wildman–Crippen MR) is 106 cm³/mol. The molecule has 0 aliphatic rings. The van der Waals surface area contributed by atoms with Crippen LogP contribution in [0, 0.1) is 5.92 Å². The van der Waals surface area contributed by atoms with Gasteiger partial charge in [-0.05, 0) is 30.5 Å². The van der Waals surface area contributed by atoms with Crippen LogP contribution in [-0.4, -0.2) is 28.8 Å². The first-order valence-electron chi connectivity index (χ1n) is 9.74. The van der Waals surface area contributed by atoms with Crippen LogP contribution in [0.3, 0.4) is 0 Å². The van der Waals surface area contributed by atoms with Gasteiger partial charge >= 0.3 is 0 Å². The SMILES string of the molecule is CCCCC(CC)CNC(=NCc1ccnn1C)NCCc1ccco1. The van der Waals surface area contributed by atoms with Crippen molar-refractivity contribution in [1.82, 2.24) is 20.4 Å². The fraction of sp³-hybridized carbons (Fsp3) is 0.600. The molecule has 0 fully saturated rings. The van der Waals surface area contributed by atoms with E-state index in [1.807, 2.05) is 29.9 Å². The lowest BCUT2D eigenvalue weighted by atomic mass is 9.99. The van der Waals surface area contributed by atoms with Gasteiger partial charge in [0, 0.05) is 32.8 Å². The number of aromatic nitrogens is 2. The van der Waals surface area contributed by atoms with Gasteiger partial charge in [-0.25, -0.2) is 4.99 Å². The molecule has 2 aromatic heterocycles. The highest BCUT2D eigenvalue weighted by Gasteiger charge is 2.08. The molecule has 0 aliphatic heterocycles. The Kier molecular flexibility index (Phi) is 8.79. The Morgan fingerprint density at radius 1 is 1.31 bits per heavy atom. The molecule has 144 valence electrons. The molecule has 1 atom stereocenters. The van der Waals surface area contributed by atoms with Crippen LogP contribution in [0.4, 0.5) is 0 Å². The second kappa shape index (κ2) is 11.4. The minimum absolute atomic E-state index is 0.609. The maximum atomic E-state index is 5.40. The van der Waals surface area contributed by atoms with Gasteiger partial charge in [0.05, 0.1) is 18.5 Å². The number of aryl methyl sites for hydroxylation is 1.